The van der Waals surface area contributed by atoms with Crippen molar-refractivity contribution in [3.05, 3.63) is 35.5 Å². The first-order valence-electron chi connectivity index (χ1n) is 12.7. The van der Waals surface area contributed by atoms with Crippen molar-refractivity contribution in [1.29, 1.82) is 0 Å². The molecule has 0 amide bonds. The Hall–Kier alpha value is -0.910. The van der Waals surface area contributed by atoms with Crippen molar-refractivity contribution in [2.45, 2.75) is 103 Å². The molecule has 0 aliphatic heterocycles. The number of fused-ring (bicyclic) bond motifs is 1. The molecule has 182 valence electrons. The van der Waals surface area contributed by atoms with Crippen LogP contribution < -0.4 is 0 Å². The highest BCUT2D eigenvalue weighted by Gasteiger charge is 2.58. The molecule has 4 nitrogen and oxygen atoms in total. The maximum Gasteiger partial charge on any atom is 0.268 e. The molecule has 5 heteroatoms. The minimum absolute atomic E-state index is 0.0162. The summed E-state index contributed by atoms with van der Waals surface area (Å²) >= 11 is 0. The van der Waals surface area contributed by atoms with E-state index in [0.717, 1.165) is 62.5 Å². The highest BCUT2D eigenvalue weighted by atomic mass is 32.2. The van der Waals surface area contributed by atoms with E-state index < -0.39 is 15.4 Å². The van der Waals surface area contributed by atoms with Gasteiger partial charge >= 0.3 is 0 Å². The summed E-state index contributed by atoms with van der Waals surface area (Å²) in [5.74, 6) is 1.08. The Bertz CT molecular complexity index is 853. The molecule has 2 N–H and O–H groups in total. The summed E-state index contributed by atoms with van der Waals surface area (Å²) in [4.78, 5) is 0. The zero-order valence-electron chi connectivity index (χ0n) is 20.5. The number of hydrogen-bond donors (Lipinski definition) is 2. The van der Waals surface area contributed by atoms with Crippen LogP contribution in [0.5, 0.6) is 0 Å². The minimum Gasteiger partial charge on any atom is -0.393 e. The van der Waals surface area contributed by atoms with Crippen LogP contribution in [0.25, 0.3) is 0 Å². The highest BCUT2D eigenvalue weighted by molar-refractivity contribution is 7.86. The van der Waals surface area contributed by atoms with Gasteiger partial charge < -0.3 is 5.11 Å². The van der Waals surface area contributed by atoms with Crippen LogP contribution in [-0.2, 0) is 10.1 Å². The standard InChI is InChI=1S/C27H44O4S/c1-18(2)8-6-9-20(4)26-25(32(29,30)31)17-24-21(10-7-15-27(24,26)5)12-13-22-16-23(28)14-11-19(22)3/h12-13,18,20,23-26,28H,3,6-11,14-17H2,1-2,4-5H3,(H,29,30,31)/b21-12+,22-13+/t20-,23+,24+,25?,26+,27-/m1/s1. The number of aliphatic hydroxyl groups excluding tert-OH is 1. The van der Waals surface area contributed by atoms with Crippen molar-refractivity contribution in [1.82, 2.24) is 0 Å². The maximum atomic E-state index is 12.5. The first-order valence-corrected chi connectivity index (χ1v) is 14.2. The molecule has 0 spiro atoms. The lowest BCUT2D eigenvalue weighted by Gasteiger charge is -2.45. The van der Waals surface area contributed by atoms with Crippen LogP contribution in [0.2, 0.25) is 0 Å². The third-order valence-corrected chi connectivity index (χ3v) is 9.93. The Morgan fingerprint density at radius 3 is 2.56 bits per heavy atom. The van der Waals surface area contributed by atoms with Gasteiger partial charge in [-0.05, 0) is 79.6 Å². The van der Waals surface area contributed by atoms with Crippen molar-refractivity contribution in [3.63, 3.8) is 0 Å². The van der Waals surface area contributed by atoms with E-state index in [1.807, 2.05) is 0 Å². The molecule has 3 aliphatic rings. The Morgan fingerprint density at radius 2 is 1.91 bits per heavy atom. The van der Waals surface area contributed by atoms with Crippen molar-refractivity contribution in [2.75, 3.05) is 0 Å². The van der Waals surface area contributed by atoms with Gasteiger partial charge in [0.1, 0.15) is 0 Å². The van der Waals surface area contributed by atoms with Crippen molar-refractivity contribution in [2.24, 2.45) is 29.1 Å². The number of allylic oxidation sites excluding steroid dienone is 4. The van der Waals surface area contributed by atoms with Gasteiger partial charge in [-0.25, -0.2) is 0 Å². The molecular weight excluding hydrogens is 420 g/mol. The fourth-order valence-electron chi connectivity index (χ4n) is 7.01. The average molecular weight is 465 g/mol. The SMILES string of the molecule is C=C1CC[C@H](O)C/C1=C\C=C1/CCC[C@@]2(C)[C@@H]([C@H](C)CCCC(C)C)C(S(=O)(=O)O)C[C@@H]12. The molecule has 0 saturated heterocycles. The van der Waals surface area contributed by atoms with Crippen LogP contribution in [0, 0.1) is 29.1 Å². The van der Waals surface area contributed by atoms with Crippen LogP contribution in [0.3, 0.4) is 0 Å². The number of rotatable bonds is 7. The second-order valence-corrected chi connectivity index (χ2v) is 13.1. The van der Waals surface area contributed by atoms with E-state index in [0.29, 0.717) is 18.8 Å². The predicted octanol–water partition coefficient (Wildman–Crippen LogP) is 6.49. The van der Waals surface area contributed by atoms with Crippen LogP contribution in [0.1, 0.15) is 91.9 Å². The first-order chi connectivity index (χ1) is 14.9. The molecular formula is C27H44O4S. The molecule has 0 aromatic rings. The van der Waals surface area contributed by atoms with Gasteiger partial charge in [-0.15, -0.1) is 0 Å². The van der Waals surface area contributed by atoms with E-state index in [9.17, 15) is 18.1 Å². The molecule has 1 unspecified atom stereocenters. The fraction of sp³-hybridized carbons (Fsp3) is 0.778. The van der Waals surface area contributed by atoms with Crippen LogP contribution >= 0.6 is 0 Å². The zero-order chi connectivity index (χ0) is 23.7. The van der Waals surface area contributed by atoms with Gasteiger partial charge in [0.05, 0.1) is 11.4 Å². The van der Waals surface area contributed by atoms with E-state index >= 15 is 0 Å². The van der Waals surface area contributed by atoms with Crippen molar-refractivity contribution in [3.8, 4) is 0 Å². The molecule has 3 fully saturated rings. The molecule has 3 rings (SSSR count). The quantitative estimate of drug-likeness (QED) is 0.423. The second kappa shape index (κ2) is 10.1. The third kappa shape index (κ3) is 5.59. The molecule has 6 atom stereocenters. The predicted molar refractivity (Wildman–Crippen MR) is 132 cm³/mol. The van der Waals surface area contributed by atoms with Crippen molar-refractivity contribution < 1.29 is 18.1 Å². The summed E-state index contributed by atoms with van der Waals surface area (Å²) in [7, 11) is -4.10. The Labute approximate surface area is 196 Å². The largest absolute Gasteiger partial charge is 0.393 e. The number of aliphatic hydroxyl groups is 1. The zero-order valence-corrected chi connectivity index (χ0v) is 21.3. The van der Waals surface area contributed by atoms with E-state index in [2.05, 4.69) is 46.4 Å². The maximum absolute atomic E-state index is 12.5. The number of hydrogen-bond acceptors (Lipinski definition) is 3. The monoisotopic (exact) mass is 464 g/mol. The van der Waals surface area contributed by atoms with E-state index in [1.54, 1.807) is 0 Å². The van der Waals surface area contributed by atoms with Gasteiger partial charge in [0.25, 0.3) is 10.1 Å². The normalized spacial score (nSPS) is 37.3. The van der Waals surface area contributed by atoms with Gasteiger partial charge in [0.15, 0.2) is 0 Å². The Balaban J connectivity index is 1.89. The molecule has 0 radical (unpaired) electrons. The van der Waals surface area contributed by atoms with Crippen molar-refractivity contribution >= 4 is 10.1 Å². The lowest BCUT2D eigenvalue weighted by molar-refractivity contribution is 0.0929. The molecule has 3 saturated carbocycles. The highest BCUT2D eigenvalue weighted by Crippen LogP contribution is 2.61. The average Bonchev–Trinajstić information content (AvgIpc) is 3.02. The summed E-state index contributed by atoms with van der Waals surface area (Å²) in [5.41, 5.74) is 3.42. The van der Waals surface area contributed by atoms with Gasteiger partial charge in [0, 0.05) is 0 Å². The minimum atomic E-state index is -4.10. The molecule has 0 heterocycles. The fourth-order valence-corrected chi connectivity index (χ4v) is 8.40. The smallest absolute Gasteiger partial charge is 0.268 e. The summed E-state index contributed by atoms with van der Waals surface area (Å²) < 4.78 is 35.2. The first kappa shape index (κ1) is 25.7. The van der Waals surface area contributed by atoms with E-state index in [-0.39, 0.29) is 29.3 Å². The van der Waals surface area contributed by atoms with Crippen LogP contribution in [-0.4, -0.2) is 29.4 Å². The third-order valence-electron chi connectivity index (χ3n) is 8.68. The molecule has 0 aromatic heterocycles. The van der Waals surface area contributed by atoms with Gasteiger partial charge in [-0.3, -0.25) is 4.55 Å². The second-order valence-electron chi connectivity index (χ2n) is 11.5. The van der Waals surface area contributed by atoms with Crippen LogP contribution in [0.4, 0.5) is 0 Å². The summed E-state index contributed by atoms with van der Waals surface area (Å²) in [5, 5.41) is 9.38. The van der Waals surface area contributed by atoms with E-state index in [1.165, 1.54) is 5.57 Å². The Morgan fingerprint density at radius 1 is 1.19 bits per heavy atom. The van der Waals surface area contributed by atoms with Gasteiger partial charge in [-0.2, -0.15) is 8.42 Å². The molecule has 0 bridgehead atoms. The lowest BCUT2D eigenvalue weighted by Crippen LogP contribution is -2.40. The summed E-state index contributed by atoms with van der Waals surface area (Å²) in [6.45, 7) is 13.1. The lowest BCUT2D eigenvalue weighted by atomic mass is 9.60. The Kier molecular flexibility index (Phi) is 8.15. The van der Waals surface area contributed by atoms with E-state index in [4.69, 9.17) is 0 Å². The van der Waals surface area contributed by atoms with Crippen LogP contribution in [0.15, 0.2) is 35.5 Å². The summed E-state index contributed by atoms with van der Waals surface area (Å²) in [6, 6.07) is 0. The van der Waals surface area contributed by atoms with Gasteiger partial charge in [0.2, 0.25) is 0 Å². The summed E-state index contributed by atoms with van der Waals surface area (Å²) in [6.07, 6.45) is 13.1. The van der Waals surface area contributed by atoms with Gasteiger partial charge in [-0.1, -0.05) is 76.8 Å². The molecule has 0 aromatic carbocycles. The molecule has 3 aliphatic carbocycles. The molecule has 32 heavy (non-hydrogen) atoms. The topological polar surface area (TPSA) is 74.6 Å².